The van der Waals surface area contributed by atoms with Crippen LogP contribution >= 0.6 is 34.5 Å². The van der Waals surface area contributed by atoms with Gasteiger partial charge in [-0.3, -0.25) is 0 Å². The largest absolute Gasteiger partial charge is 0.476 e. The first-order valence-corrected chi connectivity index (χ1v) is 5.29. The van der Waals surface area contributed by atoms with Crippen molar-refractivity contribution >= 4 is 40.5 Å². The van der Waals surface area contributed by atoms with Crippen LogP contribution in [0.1, 0.15) is 10.5 Å². The summed E-state index contributed by atoms with van der Waals surface area (Å²) in [5.41, 5.74) is 0.336. The number of carboxylic acid groups (broad SMARTS) is 1. The minimum Gasteiger partial charge on any atom is -0.476 e. The molecular weight excluding hydrogens is 261 g/mol. The van der Waals surface area contributed by atoms with Crippen molar-refractivity contribution in [1.29, 1.82) is 0 Å². The molecule has 0 amide bonds. The summed E-state index contributed by atoms with van der Waals surface area (Å²) < 4.78 is 5.88. The average Bonchev–Trinajstić information content (AvgIpc) is 2.71. The summed E-state index contributed by atoms with van der Waals surface area (Å²) in [6.45, 7) is 0. The van der Waals surface area contributed by atoms with Crippen molar-refractivity contribution in [3.05, 3.63) is 26.7 Å². The van der Waals surface area contributed by atoms with Crippen molar-refractivity contribution in [1.82, 2.24) is 4.98 Å². The van der Waals surface area contributed by atoms with Gasteiger partial charge in [-0.15, -0.1) is 11.3 Å². The molecule has 0 atom stereocenters. The first-order valence-electron chi connectivity index (χ1n) is 3.72. The molecule has 2 aromatic rings. The average molecular weight is 264 g/mol. The maximum atomic E-state index is 10.6. The zero-order valence-electron chi connectivity index (χ0n) is 7.03. The van der Waals surface area contributed by atoms with E-state index in [0.29, 0.717) is 14.2 Å². The Kier molecular flexibility index (Phi) is 2.68. The highest BCUT2D eigenvalue weighted by atomic mass is 35.5. The van der Waals surface area contributed by atoms with Crippen LogP contribution in [-0.2, 0) is 0 Å². The quantitative estimate of drug-likeness (QED) is 0.902. The van der Waals surface area contributed by atoms with Crippen molar-refractivity contribution in [2.24, 2.45) is 0 Å². The molecule has 7 heteroatoms. The smallest absolute Gasteiger partial charge is 0.357 e. The highest BCUT2D eigenvalue weighted by Gasteiger charge is 2.16. The Morgan fingerprint density at radius 2 is 2.27 bits per heavy atom. The highest BCUT2D eigenvalue weighted by Crippen LogP contribution is 2.37. The lowest BCUT2D eigenvalue weighted by Gasteiger charge is -1.88. The molecule has 0 aliphatic rings. The summed E-state index contributed by atoms with van der Waals surface area (Å²) in [6.07, 6.45) is 1.06. The van der Waals surface area contributed by atoms with Gasteiger partial charge in [-0.25, -0.2) is 9.78 Å². The van der Waals surface area contributed by atoms with Crippen molar-refractivity contribution in [3.63, 3.8) is 0 Å². The van der Waals surface area contributed by atoms with Crippen LogP contribution in [0.3, 0.4) is 0 Å². The van der Waals surface area contributed by atoms with Crippen molar-refractivity contribution in [2.45, 2.75) is 0 Å². The highest BCUT2D eigenvalue weighted by molar-refractivity contribution is 7.20. The van der Waals surface area contributed by atoms with Gasteiger partial charge in [0.2, 0.25) is 5.89 Å². The number of oxazole rings is 1. The number of aromatic carboxylic acids is 1. The van der Waals surface area contributed by atoms with Crippen LogP contribution in [0, 0.1) is 0 Å². The molecule has 0 aliphatic heterocycles. The molecule has 0 saturated carbocycles. The third-order valence-electron chi connectivity index (χ3n) is 1.61. The second kappa shape index (κ2) is 3.84. The molecule has 2 heterocycles. The standard InChI is InChI=1S/C8H3Cl2NO3S/c9-5-1-3(6(10)15-5)7-11-4(2-14-7)8(12)13/h1-2H,(H,12,13). The van der Waals surface area contributed by atoms with E-state index in [2.05, 4.69) is 4.98 Å². The van der Waals surface area contributed by atoms with E-state index in [9.17, 15) is 4.79 Å². The normalized spacial score (nSPS) is 10.5. The van der Waals surface area contributed by atoms with Crippen LogP contribution in [0.2, 0.25) is 8.67 Å². The fourth-order valence-corrected chi connectivity index (χ4v) is 2.43. The number of nitrogens with zero attached hydrogens (tertiary/aromatic N) is 1. The van der Waals surface area contributed by atoms with E-state index in [0.717, 1.165) is 6.26 Å². The van der Waals surface area contributed by atoms with E-state index in [1.165, 1.54) is 11.3 Å². The number of halogens is 2. The molecule has 4 nitrogen and oxygen atoms in total. The van der Waals surface area contributed by atoms with E-state index in [1.807, 2.05) is 0 Å². The Morgan fingerprint density at radius 3 is 2.73 bits per heavy atom. The van der Waals surface area contributed by atoms with Crippen molar-refractivity contribution in [2.75, 3.05) is 0 Å². The third kappa shape index (κ3) is 1.99. The SMILES string of the molecule is O=C(O)c1coc(-c2cc(Cl)sc2Cl)n1. The first kappa shape index (κ1) is 10.5. The lowest BCUT2D eigenvalue weighted by atomic mass is 10.3. The zero-order valence-corrected chi connectivity index (χ0v) is 9.36. The predicted molar refractivity (Wildman–Crippen MR) is 56.8 cm³/mol. The fraction of sp³-hybridized carbons (Fsp3) is 0. The van der Waals surface area contributed by atoms with E-state index >= 15 is 0 Å². The van der Waals surface area contributed by atoms with Crippen LogP contribution in [0.4, 0.5) is 0 Å². The number of rotatable bonds is 2. The number of thiophene rings is 1. The molecule has 0 aliphatic carbocycles. The van der Waals surface area contributed by atoms with E-state index in [-0.39, 0.29) is 11.6 Å². The predicted octanol–water partition coefficient (Wildman–Crippen LogP) is 3.41. The number of carboxylic acids is 1. The monoisotopic (exact) mass is 263 g/mol. The van der Waals surface area contributed by atoms with E-state index in [4.69, 9.17) is 32.7 Å². The van der Waals surface area contributed by atoms with Gasteiger partial charge >= 0.3 is 5.97 Å². The lowest BCUT2D eigenvalue weighted by molar-refractivity contribution is 0.0690. The van der Waals surface area contributed by atoms with Gasteiger partial charge < -0.3 is 9.52 Å². The van der Waals surface area contributed by atoms with Crippen molar-refractivity contribution in [3.8, 4) is 11.5 Å². The summed E-state index contributed by atoms with van der Waals surface area (Å²) in [4.78, 5) is 14.3. The zero-order chi connectivity index (χ0) is 11.0. The number of aromatic nitrogens is 1. The van der Waals surface area contributed by atoms with E-state index < -0.39 is 5.97 Å². The Morgan fingerprint density at radius 1 is 1.53 bits per heavy atom. The molecule has 1 N–H and O–H groups in total. The number of hydrogen-bond acceptors (Lipinski definition) is 4. The molecule has 0 aromatic carbocycles. The molecule has 0 fully saturated rings. The Bertz CT molecular complexity index is 520. The molecule has 2 rings (SSSR count). The fourth-order valence-electron chi connectivity index (χ4n) is 0.982. The van der Waals surface area contributed by atoms with Gasteiger partial charge in [0.15, 0.2) is 5.69 Å². The summed E-state index contributed by atoms with van der Waals surface area (Å²) in [6, 6.07) is 1.58. The minimum absolute atomic E-state index is 0.153. The molecule has 2 aromatic heterocycles. The van der Waals surface area contributed by atoms with Gasteiger partial charge in [0, 0.05) is 0 Å². The lowest BCUT2D eigenvalue weighted by Crippen LogP contribution is -1.95. The number of hydrogen-bond donors (Lipinski definition) is 1. The summed E-state index contributed by atoms with van der Waals surface area (Å²) in [7, 11) is 0. The molecule has 0 saturated heterocycles. The maximum Gasteiger partial charge on any atom is 0.357 e. The molecule has 0 unspecified atom stereocenters. The Hall–Kier alpha value is -1.04. The van der Waals surface area contributed by atoms with E-state index in [1.54, 1.807) is 6.07 Å². The molecule has 0 radical (unpaired) electrons. The molecule has 15 heavy (non-hydrogen) atoms. The summed E-state index contributed by atoms with van der Waals surface area (Å²) in [5, 5.41) is 8.64. The third-order valence-corrected chi connectivity index (χ3v) is 3.10. The second-order valence-corrected chi connectivity index (χ2v) is 4.87. The van der Waals surface area contributed by atoms with Crippen LogP contribution in [0.5, 0.6) is 0 Å². The topological polar surface area (TPSA) is 63.3 Å². The van der Waals surface area contributed by atoms with Gasteiger partial charge in [-0.1, -0.05) is 23.2 Å². The number of carbonyl (C=O) groups is 1. The molecule has 0 bridgehead atoms. The van der Waals surface area contributed by atoms with Gasteiger partial charge in [-0.2, -0.15) is 0 Å². The summed E-state index contributed by atoms with van der Waals surface area (Å²) in [5.74, 6) is -0.997. The van der Waals surface area contributed by atoms with Crippen molar-refractivity contribution < 1.29 is 14.3 Å². The Balaban J connectivity index is 2.45. The van der Waals surface area contributed by atoms with Gasteiger partial charge in [-0.05, 0) is 6.07 Å². The van der Waals surface area contributed by atoms with Gasteiger partial charge in [0.05, 0.1) is 9.90 Å². The second-order valence-electron chi connectivity index (χ2n) is 2.58. The van der Waals surface area contributed by atoms with Crippen LogP contribution in [0.15, 0.2) is 16.7 Å². The minimum atomic E-state index is -1.15. The molecular formula is C8H3Cl2NO3S. The molecule has 78 valence electrons. The van der Waals surface area contributed by atoms with Gasteiger partial charge in [0.25, 0.3) is 0 Å². The van der Waals surface area contributed by atoms with Crippen LogP contribution < -0.4 is 0 Å². The first-order chi connectivity index (χ1) is 7.08. The molecule has 0 spiro atoms. The maximum absolute atomic E-state index is 10.6. The Labute approximate surface area is 98.1 Å². The van der Waals surface area contributed by atoms with Crippen LogP contribution in [0.25, 0.3) is 11.5 Å². The van der Waals surface area contributed by atoms with Gasteiger partial charge in [0.1, 0.15) is 10.6 Å². The summed E-state index contributed by atoms with van der Waals surface area (Å²) >= 11 is 12.8. The van der Waals surface area contributed by atoms with Crippen LogP contribution in [-0.4, -0.2) is 16.1 Å².